The third-order valence-corrected chi connectivity index (χ3v) is 8.52. The Balaban J connectivity index is 1.23. The fourth-order valence-electron chi connectivity index (χ4n) is 6.44. The molecule has 5 heterocycles. The van der Waals surface area contributed by atoms with E-state index in [-0.39, 0.29) is 0 Å². The summed E-state index contributed by atoms with van der Waals surface area (Å²) < 4.78 is 1.88. The molecule has 6 rings (SSSR count). The molecule has 3 aliphatic rings. The quantitative estimate of drug-likeness (QED) is 0.636. The van der Waals surface area contributed by atoms with Crippen molar-refractivity contribution in [2.24, 2.45) is 12.5 Å². The Hall–Kier alpha value is -2.60. The molecule has 0 bridgehead atoms. The highest BCUT2D eigenvalue weighted by Crippen LogP contribution is 2.42. The number of hydrogen-bond acceptors (Lipinski definition) is 5. The van der Waals surface area contributed by atoms with E-state index in [0.717, 1.165) is 29.8 Å². The van der Waals surface area contributed by atoms with Gasteiger partial charge in [0.2, 0.25) is 0 Å². The van der Waals surface area contributed by atoms with Gasteiger partial charge in [0.05, 0.1) is 17.3 Å². The van der Waals surface area contributed by atoms with Gasteiger partial charge in [-0.05, 0) is 86.4 Å². The number of pyridine rings is 1. The third kappa shape index (κ3) is 3.68. The monoisotopic (exact) mass is 444 g/mol. The number of fused-ring (bicyclic) bond motifs is 2. The highest BCUT2D eigenvalue weighted by Gasteiger charge is 2.36. The van der Waals surface area contributed by atoms with Crippen LogP contribution in [-0.2, 0) is 13.6 Å². The normalized spacial score (nSPS) is 22.7. The Bertz CT molecular complexity index is 1160. The maximum Gasteiger partial charge on any atom is 0.159 e. The summed E-state index contributed by atoms with van der Waals surface area (Å²) in [6.45, 7) is 11.2. The molecule has 1 aromatic carbocycles. The lowest BCUT2D eigenvalue weighted by atomic mass is 9.71. The molecule has 6 nitrogen and oxygen atoms in total. The molecule has 1 unspecified atom stereocenters. The van der Waals surface area contributed by atoms with Crippen molar-refractivity contribution in [3.63, 3.8) is 0 Å². The van der Waals surface area contributed by atoms with Crippen molar-refractivity contribution in [1.82, 2.24) is 20.1 Å². The standard InChI is InChI=1S/C27H36N6/c1-19-17-33(25-14-20(2)30-26-24(25)16-29-31(26)3)18-21-4-5-22(15-23(19)21)32-12-8-27(9-13-32)6-10-28-11-7-27/h4-5,14-16,19,28H,6-13,17-18H2,1-3H3. The molecule has 1 atom stereocenters. The molecule has 3 aromatic rings. The zero-order valence-electron chi connectivity index (χ0n) is 20.3. The van der Waals surface area contributed by atoms with Crippen molar-refractivity contribution in [1.29, 1.82) is 0 Å². The molecule has 33 heavy (non-hydrogen) atoms. The number of piperidine rings is 2. The average molecular weight is 445 g/mol. The van der Waals surface area contributed by atoms with Crippen molar-refractivity contribution in [3.05, 3.63) is 47.3 Å². The van der Waals surface area contributed by atoms with E-state index in [9.17, 15) is 0 Å². The average Bonchev–Trinajstić information content (AvgIpc) is 3.20. The number of benzene rings is 1. The van der Waals surface area contributed by atoms with Crippen LogP contribution < -0.4 is 15.1 Å². The summed E-state index contributed by atoms with van der Waals surface area (Å²) in [5.74, 6) is 0.495. The van der Waals surface area contributed by atoms with Gasteiger partial charge in [-0.2, -0.15) is 5.10 Å². The summed E-state index contributed by atoms with van der Waals surface area (Å²) >= 11 is 0. The van der Waals surface area contributed by atoms with E-state index in [1.807, 2.05) is 17.9 Å². The highest BCUT2D eigenvalue weighted by atomic mass is 15.3. The van der Waals surface area contributed by atoms with Crippen LogP contribution in [0.4, 0.5) is 11.4 Å². The van der Waals surface area contributed by atoms with Crippen molar-refractivity contribution < 1.29 is 0 Å². The molecule has 0 amide bonds. The first-order valence-electron chi connectivity index (χ1n) is 12.6. The first-order chi connectivity index (χ1) is 16.0. The number of nitrogens with zero attached hydrogens (tertiary/aromatic N) is 5. The van der Waals surface area contributed by atoms with Crippen molar-refractivity contribution >= 4 is 22.4 Å². The van der Waals surface area contributed by atoms with Crippen LogP contribution in [0.1, 0.15) is 55.3 Å². The SMILES string of the molecule is Cc1cc(N2Cc3ccc(N4CCC5(CCNCC5)CC4)cc3C(C)C2)c2cnn(C)c2n1. The summed E-state index contributed by atoms with van der Waals surface area (Å²) in [6.07, 6.45) is 7.37. The number of rotatable bonds is 2. The Labute approximate surface area is 197 Å². The second-order valence-corrected chi connectivity index (χ2v) is 10.7. The first kappa shape index (κ1) is 21.0. The molecule has 0 aliphatic carbocycles. The van der Waals surface area contributed by atoms with E-state index in [0.29, 0.717) is 11.3 Å². The molecule has 3 aliphatic heterocycles. The van der Waals surface area contributed by atoms with E-state index in [4.69, 9.17) is 4.98 Å². The van der Waals surface area contributed by atoms with Gasteiger partial charge in [0, 0.05) is 44.6 Å². The molecule has 2 saturated heterocycles. The van der Waals surface area contributed by atoms with E-state index >= 15 is 0 Å². The number of aromatic nitrogens is 3. The van der Waals surface area contributed by atoms with Gasteiger partial charge in [-0.15, -0.1) is 0 Å². The van der Waals surface area contributed by atoms with E-state index in [2.05, 4.69) is 58.3 Å². The van der Waals surface area contributed by atoms with Gasteiger partial charge >= 0.3 is 0 Å². The highest BCUT2D eigenvalue weighted by molar-refractivity contribution is 5.89. The van der Waals surface area contributed by atoms with Gasteiger partial charge in [0.1, 0.15) is 0 Å². The minimum atomic E-state index is 0.495. The number of anilines is 2. The van der Waals surface area contributed by atoms with Crippen LogP contribution in [0.25, 0.3) is 11.0 Å². The molecule has 2 fully saturated rings. The van der Waals surface area contributed by atoms with E-state index < -0.39 is 0 Å². The summed E-state index contributed by atoms with van der Waals surface area (Å²) in [7, 11) is 1.97. The van der Waals surface area contributed by atoms with Gasteiger partial charge in [0.15, 0.2) is 5.65 Å². The van der Waals surface area contributed by atoms with Crippen LogP contribution in [0.2, 0.25) is 0 Å². The first-order valence-corrected chi connectivity index (χ1v) is 12.6. The van der Waals surface area contributed by atoms with Crippen LogP contribution in [-0.4, -0.2) is 47.5 Å². The summed E-state index contributed by atoms with van der Waals surface area (Å²) in [6, 6.07) is 9.47. The topological polar surface area (TPSA) is 49.2 Å². The Morgan fingerprint density at radius 1 is 1.03 bits per heavy atom. The van der Waals surface area contributed by atoms with Gasteiger partial charge in [-0.1, -0.05) is 13.0 Å². The fraction of sp³-hybridized carbons (Fsp3) is 0.556. The molecule has 1 spiro atoms. The predicted molar refractivity (Wildman–Crippen MR) is 135 cm³/mol. The number of aryl methyl sites for hydroxylation is 2. The number of hydrogen-bond donors (Lipinski definition) is 1. The van der Waals surface area contributed by atoms with E-state index in [1.165, 1.54) is 74.4 Å². The van der Waals surface area contributed by atoms with Crippen molar-refractivity contribution in [2.75, 3.05) is 42.5 Å². The van der Waals surface area contributed by atoms with Gasteiger partial charge in [0.25, 0.3) is 0 Å². The molecular formula is C27H36N6. The molecule has 1 N–H and O–H groups in total. The number of nitrogens with one attached hydrogen (secondary N) is 1. The second-order valence-electron chi connectivity index (χ2n) is 10.7. The molecule has 2 aromatic heterocycles. The lowest BCUT2D eigenvalue weighted by Gasteiger charge is -2.45. The Morgan fingerprint density at radius 3 is 2.61 bits per heavy atom. The lowest BCUT2D eigenvalue weighted by molar-refractivity contribution is 0.155. The van der Waals surface area contributed by atoms with Crippen molar-refractivity contribution in [2.45, 2.75) is 52.0 Å². The zero-order chi connectivity index (χ0) is 22.6. The maximum atomic E-state index is 4.71. The van der Waals surface area contributed by atoms with Gasteiger partial charge < -0.3 is 15.1 Å². The van der Waals surface area contributed by atoms with Gasteiger partial charge in [-0.25, -0.2) is 4.98 Å². The summed E-state index contributed by atoms with van der Waals surface area (Å²) in [4.78, 5) is 9.87. The predicted octanol–water partition coefficient (Wildman–Crippen LogP) is 4.37. The lowest BCUT2D eigenvalue weighted by Crippen LogP contribution is -2.45. The van der Waals surface area contributed by atoms with Crippen LogP contribution in [0.3, 0.4) is 0 Å². The molecule has 0 saturated carbocycles. The van der Waals surface area contributed by atoms with Crippen LogP contribution in [0.5, 0.6) is 0 Å². The smallest absolute Gasteiger partial charge is 0.159 e. The van der Waals surface area contributed by atoms with E-state index in [1.54, 1.807) is 0 Å². The molecule has 6 heteroatoms. The summed E-state index contributed by atoms with van der Waals surface area (Å²) in [5.41, 5.74) is 8.28. The third-order valence-electron chi connectivity index (χ3n) is 8.52. The van der Waals surface area contributed by atoms with Crippen LogP contribution in [0.15, 0.2) is 30.5 Å². The molecular weight excluding hydrogens is 408 g/mol. The fourth-order valence-corrected chi connectivity index (χ4v) is 6.44. The van der Waals surface area contributed by atoms with Crippen molar-refractivity contribution in [3.8, 4) is 0 Å². The molecule has 0 radical (unpaired) electrons. The minimum absolute atomic E-state index is 0.495. The van der Waals surface area contributed by atoms with Gasteiger partial charge in [-0.3, -0.25) is 4.68 Å². The minimum Gasteiger partial charge on any atom is -0.371 e. The Kier molecular flexibility index (Phi) is 5.09. The Morgan fingerprint density at radius 2 is 1.82 bits per heavy atom. The second kappa shape index (κ2) is 8.01. The van der Waals surface area contributed by atoms with Crippen LogP contribution in [0, 0.1) is 12.3 Å². The largest absolute Gasteiger partial charge is 0.371 e. The maximum absolute atomic E-state index is 4.71. The van der Waals surface area contributed by atoms with Crippen LogP contribution >= 0.6 is 0 Å². The summed E-state index contributed by atoms with van der Waals surface area (Å²) in [5, 5.41) is 9.16. The zero-order valence-corrected chi connectivity index (χ0v) is 20.3. The molecule has 174 valence electrons.